The van der Waals surface area contributed by atoms with Gasteiger partial charge in [0.25, 0.3) is 5.91 Å². The number of aliphatic hydroxyl groups is 1. The molecule has 2 atom stereocenters. The molecule has 31 heavy (non-hydrogen) atoms. The largest absolute Gasteiger partial charge is 0.391 e. The summed E-state index contributed by atoms with van der Waals surface area (Å²) >= 11 is 0. The van der Waals surface area contributed by atoms with Crippen LogP contribution in [0.2, 0.25) is 0 Å². The van der Waals surface area contributed by atoms with E-state index >= 15 is 0 Å². The normalized spacial score (nSPS) is 18.5. The molecule has 5 rings (SSSR count). The maximum atomic E-state index is 12.9. The van der Waals surface area contributed by atoms with Crippen molar-refractivity contribution in [3.05, 3.63) is 48.3 Å². The Bertz CT molecular complexity index is 1290. The fourth-order valence-corrected chi connectivity index (χ4v) is 4.17. The molecule has 8 nitrogen and oxygen atoms in total. The molecule has 1 aromatic carbocycles. The van der Waals surface area contributed by atoms with Gasteiger partial charge >= 0.3 is 0 Å². The zero-order chi connectivity index (χ0) is 21.7. The molecular formula is C23H26N6O2. The average molecular weight is 419 g/mol. The van der Waals surface area contributed by atoms with E-state index in [1.807, 2.05) is 25.2 Å². The Morgan fingerprint density at radius 2 is 2.06 bits per heavy atom. The first-order valence-corrected chi connectivity index (χ1v) is 10.6. The van der Waals surface area contributed by atoms with Crippen LogP contribution in [0.1, 0.15) is 43.1 Å². The molecule has 3 heterocycles. The van der Waals surface area contributed by atoms with Crippen molar-refractivity contribution in [2.24, 2.45) is 0 Å². The molecule has 4 aromatic rings. The van der Waals surface area contributed by atoms with E-state index in [2.05, 4.69) is 52.5 Å². The van der Waals surface area contributed by atoms with Gasteiger partial charge in [0.15, 0.2) is 5.65 Å². The molecule has 0 bridgehead atoms. The predicted octanol–water partition coefficient (Wildman–Crippen LogP) is 3.23. The molecule has 160 valence electrons. The highest BCUT2D eigenvalue weighted by atomic mass is 16.3. The highest BCUT2D eigenvalue weighted by Crippen LogP contribution is 2.33. The first-order valence-electron chi connectivity index (χ1n) is 10.6. The minimum atomic E-state index is -0.482. The Morgan fingerprint density at radius 3 is 2.74 bits per heavy atom. The van der Waals surface area contributed by atoms with Crippen LogP contribution in [0.4, 0.5) is 5.82 Å². The van der Waals surface area contributed by atoms with Gasteiger partial charge in [-0.1, -0.05) is 18.2 Å². The maximum Gasteiger partial charge on any atom is 0.257 e. The number of nitrogens with zero attached hydrogens (tertiary/aromatic N) is 4. The van der Waals surface area contributed by atoms with Crippen LogP contribution in [0, 0.1) is 0 Å². The summed E-state index contributed by atoms with van der Waals surface area (Å²) in [4.78, 5) is 17.7. The second-order valence-electron chi connectivity index (χ2n) is 8.36. The number of fused-ring (bicyclic) bond motifs is 2. The summed E-state index contributed by atoms with van der Waals surface area (Å²) in [5.74, 6) is 0.471. The number of carbonyl (C=O) groups excluding carboxylic acids is 1. The van der Waals surface area contributed by atoms with Crippen molar-refractivity contribution in [1.82, 2.24) is 24.5 Å². The molecule has 1 aliphatic carbocycles. The number of benzene rings is 1. The Balaban J connectivity index is 1.65. The number of carbonyl (C=O) groups is 1. The van der Waals surface area contributed by atoms with Crippen molar-refractivity contribution in [2.45, 2.75) is 44.9 Å². The van der Waals surface area contributed by atoms with Crippen LogP contribution in [0.5, 0.6) is 0 Å². The van der Waals surface area contributed by atoms with Crippen molar-refractivity contribution in [1.29, 1.82) is 0 Å². The minimum absolute atomic E-state index is 0.210. The third kappa shape index (κ3) is 3.14. The Hall–Kier alpha value is -3.39. The van der Waals surface area contributed by atoms with Crippen molar-refractivity contribution < 1.29 is 9.90 Å². The van der Waals surface area contributed by atoms with Crippen molar-refractivity contribution in [2.75, 3.05) is 12.4 Å². The Morgan fingerprint density at radius 1 is 1.26 bits per heavy atom. The Kier molecular flexibility index (Phi) is 4.66. The summed E-state index contributed by atoms with van der Waals surface area (Å²) in [6.45, 7) is 4.31. The van der Waals surface area contributed by atoms with Crippen molar-refractivity contribution in [3.8, 4) is 11.3 Å². The van der Waals surface area contributed by atoms with E-state index in [1.54, 1.807) is 4.52 Å². The fourth-order valence-electron chi connectivity index (χ4n) is 4.17. The number of para-hydroxylation sites is 1. The number of amides is 1. The average Bonchev–Trinajstić information content (AvgIpc) is 3.37. The number of aliphatic hydroxyl groups excluding tert-OH is 1. The smallest absolute Gasteiger partial charge is 0.257 e. The molecule has 1 saturated carbocycles. The molecule has 0 saturated heterocycles. The van der Waals surface area contributed by atoms with Crippen LogP contribution in [-0.2, 0) is 0 Å². The second kappa shape index (κ2) is 7.39. The lowest BCUT2D eigenvalue weighted by Crippen LogP contribution is -2.50. The van der Waals surface area contributed by atoms with Crippen molar-refractivity contribution >= 4 is 28.3 Å². The molecule has 3 N–H and O–H groups in total. The van der Waals surface area contributed by atoms with E-state index in [4.69, 9.17) is 4.98 Å². The van der Waals surface area contributed by atoms with Gasteiger partial charge in [-0.2, -0.15) is 9.61 Å². The zero-order valence-corrected chi connectivity index (χ0v) is 17.8. The van der Waals surface area contributed by atoms with Crippen LogP contribution in [0.15, 0.2) is 42.7 Å². The van der Waals surface area contributed by atoms with E-state index in [9.17, 15) is 9.90 Å². The first-order chi connectivity index (χ1) is 15.0. The molecule has 8 heteroatoms. The van der Waals surface area contributed by atoms with E-state index in [0.717, 1.165) is 34.4 Å². The number of anilines is 1. The van der Waals surface area contributed by atoms with Crippen LogP contribution in [-0.4, -0.2) is 49.4 Å². The summed E-state index contributed by atoms with van der Waals surface area (Å²) in [6.07, 6.45) is 4.66. The summed E-state index contributed by atoms with van der Waals surface area (Å²) in [5.41, 5.74) is 3.79. The van der Waals surface area contributed by atoms with Gasteiger partial charge in [0.05, 0.1) is 24.0 Å². The molecule has 0 radical (unpaired) electrons. The second-order valence-corrected chi connectivity index (χ2v) is 8.36. The van der Waals surface area contributed by atoms with Crippen LogP contribution in [0.3, 0.4) is 0 Å². The van der Waals surface area contributed by atoms with Gasteiger partial charge in [0.1, 0.15) is 11.4 Å². The highest BCUT2D eigenvalue weighted by molar-refractivity contribution is 6.01. The van der Waals surface area contributed by atoms with Gasteiger partial charge in [-0.3, -0.25) is 4.79 Å². The van der Waals surface area contributed by atoms with Gasteiger partial charge in [-0.05, 0) is 32.8 Å². The third-order valence-corrected chi connectivity index (χ3v) is 6.10. The number of aromatic nitrogens is 4. The maximum absolute atomic E-state index is 12.9. The summed E-state index contributed by atoms with van der Waals surface area (Å²) in [7, 11) is 1.82. The van der Waals surface area contributed by atoms with E-state index < -0.39 is 6.10 Å². The van der Waals surface area contributed by atoms with Gasteiger partial charge in [-0.25, -0.2) is 4.98 Å². The van der Waals surface area contributed by atoms with Crippen LogP contribution >= 0.6 is 0 Å². The lowest BCUT2D eigenvalue weighted by Gasteiger charge is -2.32. The predicted molar refractivity (Wildman–Crippen MR) is 120 cm³/mol. The molecule has 1 unspecified atom stereocenters. The molecule has 0 spiro atoms. The van der Waals surface area contributed by atoms with Crippen LogP contribution < -0.4 is 10.6 Å². The standard InChI is InChI=1S/C23H26N6O2/c1-13(2)28-12-16(14-6-4-5-7-19(14)28)18-10-21(24-3)29-22(26-18)15(11-25-29)23(31)27-17-8-9-20(17)30/h4-7,10-13,17,20,24,30H,8-9H2,1-3H3,(H,27,31)/t17?,20-/m1/s1. The molecule has 3 aromatic heterocycles. The van der Waals surface area contributed by atoms with Crippen molar-refractivity contribution in [3.63, 3.8) is 0 Å². The Labute approximate surface area is 179 Å². The molecule has 1 aliphatic rings. The van der Waals surface area contributed by atoms with E-state index in [-0.39, 0.29) is 11.9 Å². The minimum Gasteiger partial charge on any atom is -0.391 e. The van der Waals surface area contributed by atoms with Gasteiger partial charge in [0.2, 0.25) is 0 Å². The van der Waals surface area contributed by atoms with Gasteiger partial charge in [-0.15, -0.1) is 0 Å². The fraction of sp³-hybridized carbons (Fsp3) is 0.348. The zero-order valence-electron chi connectivity index (χ0n) is 17.8. The molecule has 0 aliphatic heterocycles. The highest BCUT2D eigenvalue weighted by Gasteiger charge is 2.31. The molecule has 1 fully saturated rings. The first kappa shape index (κ1) is 19.6. The quantitative estimate of drug-likeness (QED) is 0.462. The SMILES string of the molecule is CNc1cc(-c2cn(C(C)C)c3ccccc23)nc2c(C(=O)NC3CC[C@H]3O)cnn12. The van der Waals surface area contributed by atoms with Gasteiger partial charge in [0, 0.05) is 41.8 Å². The summed E-state index contributed by atoms with van der Waals surface area (Å²) < 4.78 is 3.87. The van der Waals surface area contributed by atoms with Gasteiger partial charge < -0.3 is 20.3 Å². The summed E-state index contributed by atoms with van der Waals surface area (Å²) in [6, 6.07) is 10.3. The lowest BCUT2D eigenvalue weighted by atomic mass is 9.89. The molecule has 1 amide bonds. The number of hydrogen-bond acceptors (Lipinski definition) is 5. The monoisotopic (exact) mass is 418 g/mol. The number of hydrogen-bond donors (Lipinski definition) is 3. The topological polar surface area (TPSA) is 96.5 Å². The lowest BCUT2D eigenvalue weighted by molar-refractivity contribution is 0.0448. The summed E-state index contributed by atoms with van der Waals surface area (Å²) in [5, 5.41) is 21.4. The van der Waals surface area contributed by atoms with E-state index in [1.165, 1.54) is 6.20 Å². The third-order valence-electron chi connectivity index (χ3n) is 6.10. The van der Waals surface area contributed by atoms with Crippen LogP contribution in [0.25, 0.3) is 27.8 Å². The number of rotatable bonds is 5. The van der Waals surface area contributed by atoms with E-state index in [0.29, 0.717) is 23.7 Å². The molecular weight excluding hydrogens is 392 g/mol. The number of nitrogens with one attached hydrogen (secondary N) is 2.